The number of hydrogen-bond acceptors (Lipinski definition) is 3. The number of rotatable bonds is 4. The third-order valence-corrected chi connectivity index (χ3v) is 3.07. The zero-order chi connectivity index (χ0) is 15.5. The minimum Gasteiger partial charge on any atom is -0.370 e. The van der Waals surface area contributed by atoms with Gasteiger partial charge < -0.3 is 10.6 Å². The van der Waals surface area contributed by atoms with Crippen LogP contribution in [0.1, 0.15) is 44.5 Å². The van der Waals surface area contributed by atoms with Crippen molar-refractivity contribution >= 4 is 22.5 Å². The van der Waals surface area contributed by atoms with Crippen LogP contribution < -0.4 is 10.6 Å². The number of amides is 1. The highest BCUT2D eigenvalue weighted by Crippen LogP contribution is 2.24. The van der Waals surface area contributed by atoms with E-state index < -0.39 is 0 Å². The lowest BCUT2D eigenvalue weighted by atomic mass is 10.0. The molecule has 0 atom stereocenters. The molecule has 0 bridgehead atoms. The predicted octanol–water partition coefficient (Wildman–Crippen LogP) is 3.59. The summed E-state index contributed by atoms with van der Waals surface area (Å²) in [5, 5.41) is 8.20. The number of carbonyl (C=O) groups excluding carboxylic acids is 1. The summed E-state index contributed by atoms with van der Waals surface area (Å²) in [6.45, 7) is 8.89. The number of carbonyl (C=O) groups is 1. The Kier molecular flexibility index (Phi) is 4.46. The van der Waals surface area contributed by atoms with Crippen molar-refractivity contribution in [3.05, 3.63) is 36.0 Å². The highest BCUT2D eigenvalue weighted by atomic mass is 16.1. The van der Waals surface area contributed by atoms with E-state index >= 15 is 0 Å². The number of fused-ring (bicyclic) bond motifs is 1. The van der Waals surface area contributed by atoms with Gasteiger partial charge in [0.15, 0.2) is 0 Å². The summed E-state index contributed by atoms with van der Waals surface area (Å²) in [6, 6.07) is 7.87. The van der Waals surface area contributed by atoms with Crippen LogP contribution in [0, 0.1) is 0 Å². The Hall–Kier alpha value is -2.10. The molecule has 0 aliphatic heterocycles. The van der Waals surface area contributed by atoms with Gasteiger partial charge in [0.05, 0.1) is 5.56 Å². The van der Waals surface area contributed by atoms with Crippen molar-refractivity contribution in [2.24, 2.45) is 0 Å². The number of nitrogens with zero attached hydrogens (tertiary/aromatic N) is 1. The molecule has 0 saturated carbocycles. The highest BCUT2D eigenvalue weighted by molar-refractivity contribution is 6.09. The Bertz CT molecular complexity index is 644. The molecular weight excluding hydrogens is 262 g/mol. The van der Waals surface area contributed by atoms with Gasteiger partial charge in [-0.05, 0) is 32.6 Å². The number of aromatic nitrogens is 1. The van der Waals surface area contributed by atoms with Crippen LogP contribution in [0.4, 0.5) is 5.82 Å². The average molecular weight is 285 g/mol. The summed E-state index contributed by atoms with van der Waals surface area (Å²) in [7, 11) is 0. The van der Waals surface area contributed by atoms with E-state index in [1.807, 2.05) is 45.0 Å². The largest absolute Gasteiger partial charge is 0.370 e. The maximum Gasteiger partial charge on any atom is 0.253 e. The Morgan fingerprint density at radius 2 is 1.86 bits per heavy atom. The Labute approximate surface area is 126 Å². The predicted molar refractivity (Wildman–Crippen MR) is 87.7 cm³/mol. The molecule has 1 aromatic carbocycles. The van der Waals surface area contributed by atoms with Crippen LogP contribution in [-0.4, -0.2) is 23.0 Å². The highest BCUT2D eigenvalue weighted by Gasteiger charge is 2.18. The van der Waals surface area contributed by atoms with Crippen molar-refractivity contribution in [2.75, 3.05) is 11.9 Å². The normalized spacial score (nSPS) is 11.4. The van der Waals surface area contributed by atoms with Gasteiger partial charge in [-0.25, -0.2) is 4.98 Å². The fourth-order valence-corrected chi connectivity index (χ4v) is 2.17. The van der Waals surface area contributed by atoms with Gasteiger partial charge in [0.25, 0.3) is 5.91 Å². The van der Waals surface area contributed by atoms with Crippen molar-refractivity contribution in [1.82, 2.24) is 10.3 Å². The lowest BCUT2D eigenvalue weighted by Gasteiger charge is -2.21. The molecule has 0 fully saturated rings. The van der Waals surface area contributed by atoms with Gasteiger partial charge in [-0.15, -0.1) is 0 Å². The zero-order valence-electron chi connectivity index (χ0n) is 13.2. The van der Waals surface area contributed by atoms with Crippen LogP contribution in [0.3, 0.4) is 0 Å². The average Bonchev–Trinajstić information content (AvgIpc) is 2.42. The van der Waals surface area contributed by atoms with E-state index in [9.17, 15) is 4.79 Å². The van der Waals surface area contributed by atoms with Crippen molar-refractivity contribution in [3.63, 3.8) is 0 Å². The molecule has 112 valence electrons. The zero-order valence-corrected chi connectivity index (χ0v) is 13.2. The fraction of sp³-hybridized carbons (Fsp3) is 0.412. The van der Waals surface area contributed by atoms with Crippen LogP contribution in [0.2, 0.25) is 0 Å². The van der Waals surface area contributed by atoms with Crippen molar-refractivity contribution in [3.8, 4) is 0 Å². The topological polar surface area (TPSA) is 54.0 Å². The van der Waals surface area contributed by atoms with Gasteiger partial charge in [0, 0.05) is 23.7 Å². The van der Waals surface area contributed by atoms with E-state index in [0.29, 0.717) is 5.56 Å². The van der Waals surface area contributed by atoms with E-state index in [-0.39, 0.29) is 11.4 Å². The first-order valence-electron chi connectivity index (χ1n) is 7.36. The Balaban J connectivity index is 2.45. The standard InChI is InChI=1S/C17H23N3O/c1-5-10-18-15-13-9-7-6-8-12(13)14(11-19-15)16(21)20-17(2,3)4/h6-9,11H,5,10H2,1-4H3,(H,18,19)(H,20,21). The summed E-state index contributed by atoms with van der Waals surface area (Å²) < 4.78 is 0. The summed E-state index contributed by atoms with van der Waals surface area (Å²) >= 11 is 0. The molecule has 0 radical (unpaired) electrons. The van der Waals surface area contributed by atoms with Crippen molar-refractivity contribution in [1.29, 1.82) is 0 Å². The van der Waals surface area contributed by atoms with Gasteiger partial charge in [0.2, 0.25) is 0 Å². The summed E-state index contributed by atoms with van der Waals surface area (Å²) in [5.41, 5.74) is 0.347. The molecule has 2 aromatic rings. The van der Waals surface area contributed by atoms with Gasteiger partial charge in [-0.2, -0.15) is 0 Å². The molecular formula is C17H23N3O. The molecule has 0 aliphatic carbocycles. The maximum atomic E-state index is 12.4. The smallest absolute Gasteiger partial charge is 0.253 e. The van der Waals surface area contributed by atoms with E-state index in [4.69, 9.17) is 0 Å². The van der Waals surface area contributed by atoms with E-state index in [1.165, 1.54) is 0 Å². The molecule has 21 heavy (non-hydrogen) atoms. The number of hydrogen-bond donors (Lipinski definition) is 2. The van der Waals surface area contributed by atoms with E-state index in [1.54, 1.807) is 6.20 Å². The number of nitrogens with one attached hydrogen (secondary N) is 2. The first-order chi connectivity index (χ1) is 9.92. The second kappa shape index (κ2) is 6.12. The summed E-state index contributed by atoms with van der Waals surface area (Å²) in [5.74, 6) is 0.744. The van der Waals surface area contributed by atoms with E-state index in [2.05, 4.69) is 22.5 Å². The second-order valence-electron chi connectivity index (χ2n) is 6.20. The van der Waals surface area contributed by atoms with Crippen LogP contribution in [-0.2, 0) is 0 Å². The van der Waals surface area contributed by atoms with Crippen molar-refractivity contribution in [2.45, 2.75) is 39.7 Å². The number of anilines is 1. The van der Waals surface area contributed by atoms with Crippen LogP contribution in [0.25, 0.3) is 10.8 Å². The lowest BCUT2D eigenvalue weighted by molar-refractivity contribution is 0.0921. The second-order valence-corrected chi connectivity index (χ2v) is 6.20. The SMILES string of the molecule is CCCNc1ncc(C(=O)NC(C)(C)C)c2ccccc12. The minimum atomic E-state index is -0.267. The molecule has 1 aromatic heterocycles. The lowest BCUT2D eigenvalue weighted by Crippen LogP contribution is -2.40. The van der Waals surface area contributed by atoms with Gasteiger partial charge in [0.1, 0.15) is 5.82 Å². The maximum absolute atomic E-state index is 12.4. The molecule has 0 spiro atoms. The number of benzene rings is 1. The van der Waals surface area contributed by atoms with Gasteiger partial charge >= 0.3 is 0 Å². The quantitative estimate of drug-likeness (QED) is 0.902. The summed E-state index contributed by atoms with van der Waals surface area (Å²) in [4.78, 5) is 16.9. The van der Waals surface area contributed by atoms with Crippen LogP contribution in [0.15, 0.2) is 30.5 Å². The molecule has 4 heteroatoms. The third kappa shape index (κ3) is 3.72. The molecule has 0 saturated heterocycles. The van der Waals surface area contributed by atoms with Crippen molar-refractivity contribution < 1.29 is 4.79 Å². The number of pyridine rings is 1. The molecule has 1 amide bonds. The Morgan fingerprint density at radius 3 is 2.48 bits per heavy atom. The molecule has 2 rings (SSSR count). The molecule has 1 heterocycles. The summed E-state index contributed by atoms with van der Waals surface area (Å²) in [6.07, 6.45) is 2.68. The fourth-order valence-electron chi connectivity index (χ4n) is 2.17. The van der Waals surface area contributed by atoms with E-state index in [0.717, 1.165) is 29.6 Å². The van der Waals surface area contributed by atoms with Crippen LogP contribution >= 0.6 is 0 Å². The monoisotopic (exact) mass is 285 g/mol. The molecule has 0 unspecified atom stereocenters. The molecule has 2 N–H and O–H groups in total. The van der Waals surface area contributed by atoms with Gasteiger partial charge in [-0.3, -0.25) is 4.79 Å². The molecule has 0 aliphatic rings. The minimum absolute atomic E-state index is 0.0896. The first kappa shape index (κ1) is 15.3. The van der Waals surface area contributed by atoms with Gasteiger partial charge in [-0.1, -0.05) is 31.2 Å². The first-order valence-corrected chi connectivity index (χ1v) is 7.36. The molecule has 4 nitrogen and oxygen atoms in total. The Morgan fingerprint density at radius 1 is 1.19 bits per heavy atom. The third-order valence-electron chi connectivity index (χ3n) is 3.07. The van der Waals surface area contributed by atoms with Crippen LogP contribution in [0.5, 0.6) is 0 Å².